The molecule has 2 aromatic carbocycles. The van der Waals surface area contributed by atoms with E-state index in [0.717, 1.165) is 53.0 Å². The first-order valence-corrected chi connectivity index (χ1v) is 13.3. The summed E-state index contributed by atoms with van der Waals surface area (Å²) in [6, 6.07) is 15.9. The van der Waals surface area contributed by atoms with Crippen LogP contribution in [0.4, 0.5) is 16.3 Å². The number of hydrogen-bond acceptors (Lipinski definition) is 8. The van der Waals surface area contributed by atoms with Crippen LogP contribution in [0, 0.1) is 5.82 Å². The van der Waals surface area contributed by atoms with E-state index in [0.29, 0.717) is 19.1 Å². The van der Waals surface area contributed by atoms with E-state index in [-0.39, 0.29) is 25.1 Å². The first-order chi connectivity index (χ1) is 19.5. The average molecular weight is 549 g/mol. The summed E-state index contributed by atoms with van der Waals surface area (Å²) in [5.74, 6) is 0.437. The molecule has 1 fully saturated rings. The highest BCUT2D eigenvalue weighted by atomic mass is 19.1. The van der Waals surface area contributed by atoms with Crippen molar-refractivity contribution in [2.45, 2.75) is 25.4 Å². The second kappa shape index (κ2) is 12.4. The number of piperidine rings is 1. The molecule has 0 amide bonds. The van der Waals surface area contributed by atoms with Gasteiger partial charge in [0.2, 0.25) is 11.9 Å². The van der Waals surface area contributed by atoms with E-state index < -0.39 is 11.5 Å². The fourth-order valence-corrected chi connectivity index (χ4v) is 5.10. The fraction of sp³-hybridized carbons (Fsp3) is 0.379. The van der Waals surface area contributed by atoms with Crippen LogP contribution in [0.3, 0.4) is 0 Å². The van der Waals surface area contributed by atoms with Gasteiger partial charge in [-0.25, -0.2) is 18.9 Å². The minimum atomic E-state index is -0.469. The van der Waals surface area contributed by atoms with Crippen LogP contribution in [0.1, 0.15) is 23.2 Å². The number of fused-ring (bicyclic) bond motifs is 1. The summed E-state index contributed by atoms with van der Waals surface area (Å²) in [6.07, 6.45) is 2.98. The van der Waals surface area contributed by atoms with Crippen LogP contribution in [0.15, 0.2) is 65.6 Å². The van der Waals surface area contributed by atoms with Gasteiger partial charge in [0.05, 0.1) is 30.8 Å². The highest BCUT2D eigenvalue weighted by molar-refractivity contribution is 5.82. The molecule has 2 aromatic heterocycles. The summed E-state index contributed by atoms with van der Waals surface area (Å²) >= 11 is 0. The Morgan fingerprint density at radius 3 is 2.58 bits per heavy atom. The SMILES string of the molecule is COCCOCC(=O)n1c(N(C)C2CCN(c3nc4ccccc4n3Cc3ccc(F)cc3)CC2)nccc1=O. The van der Waals surface area contributed by atoms with Crippen molar-refractivity contribution in [2.75, 3.05) is 56.9 Å². The summed E-state index contributed by atoms with van der Waals surface area (Å²) in [5, 5.41) is 0. The Bertz CT molecular complexity index is 1510. The molecule has 1 aliphatic rings. The van der Waals surface area contributed by atoms with Gasteiger partial charge >= 0.3 is 0 Å². The number of benzene rings is 2. The van der Waals surface area contributed by atoms with Crippen LogP contribution >= 0.6 is 0 Å². The Hall–Kier alpha value is -4.09. The van der Waals surface area contributed by atoms with Crippen molar-refractivity contribution in [1.29, 1.82) is 0 Å². The molecule has 1 aliphatic heterocycles. The number of rotatable bonds is 10. The van der Waals surface area contributed by atoms with Crippen molar-refractivity contribution in [3.8, 4) is 0 Å². The quantitative estimate of drug-likeness (QED) is 0.279. The van der Waals surface area contributed by atoms with Gasteiger partial charge in [-0.2, -0.15) is 0 Å². The molecule has 0 bridgehead atoms. The molecule has 0 spiro atoms. The van der Waals surface area contributed by atoms with Crippen molar-refractivity contribution >= 4 is 28.8 Å². The molecule has 5 rings (SSSR count). The minimum Gasteiger partial charge on any atom is -0.382 e. The lowest BCUT2D eigenvalue weighted by molar-refractivity contribution is 0.0512. The van der Waals surface area contributed by atoms with Crippen molar-refractivity contribution in [2.24, 2.45) is 0 Å². The number of para-hydroxylation sites is 2. The third-order valence-corrected chi connectivity index (χ3v) is 7.23. The first-order valence-electron chi connectivity index (χ1n) is 13.3. The van der Waals surface area contributed by atoms with Gasteiger partial charge in [-0.05, 0) is 42.7 Å². The van der Waals surface area contributed by atoms with Crippen LogP contribution in [0.25, 0.3) is 11.0 Å². The van der Waals surface area contributed by atoms with Crippen molar-refractivity contribution < 1.29 is 18.7 Å². The molecule has 0 N–H and O–H groups in total. The predicted octanol–water partition coefficient (Wildman–Crippen LogP) is 3.19. The second-order valence-corrected chi connectivity index (χ2v) is 9.80. The molecular formula is C29H33FN6O4. The monoisotopic (exact) mass is 548 g/mol. The molecule has 0 radical (unpaired) electrons. The lowest BCUT2D eigenvalue weighted by Gasteiger charge is -2.38. The summed E-state index contributed by atoms with van der Waals surface area (Å²) < 4.78 is 27.1. The summed E-state index contributed by atoms with van der Waals surface area (Å²) in [5.41, 5.74) is 2.47. The van der Waals surface area contributed by atoms with E-state index in [1.807, 2.05) is 36.2 Å². The van der Waals surface area contributed by atoms with Gasteiger partial charge in [0.25, 0.3) is 11.5 Å². The molecule has 0 saturated carbocycles. The van der Waals surface area contributed by atoms with E-state index in [1.165, 1.54) is 24.4 Å². The van der Waals surface area contributed by atoms with Crippen molar-refractivity contribution in [1.82, 2.24) is 19.1 Å². The maximum Gasteiger partial charge on any atom is 0.262 e. The summed E-state index contributed by atoms with van der Waals surface area (Å²) in [6.45, 7) is 2.41. The van der Waals surface area contributed by atoms with E-state index in [2.05, 4.69) is 14.5 Å². The standard InChI is InChI=1S/C29H33FN6O4/c1-33(28-31-14-11-26(37)36(28)27(38)20-40-18-17-39-2)23-12-15-34(16-13-23)29-32-24-5-3-4-6-25(24)35(29)19-21-7-9-22(30)10-8-21/h3-11,14,23H,12-13,15-20H2,1-2H3. The number of nitrogens with zero attached hydrogens (tertiary/aromatic N) is 6. The lowest BCUT2D eigenvalue weighted by Crippen LogP contribution is -2.46. The Balaban J connectivity index is 1.32. The molecule has 0 atom stereocenters. The molecule has 11 heteroatoms. The third kappa shape index (κ3) is 5.90. The average Bonchev–Trinajstić information content (AvgIpc) is 3.34. The smallest absolute Gasteiger partial charge is 0.262 e. The zero-order valence-corrected chi connectivity index (χ0v) is 22.7. The van der Waals surface area contributed by atoms with Crippen molar-refractivity contribution in [3.05, 3.63) is 82.5 Å². The van der Waals surface area contributed by atoms with E-state index in [1.54, 1.807) is 19.2 Å². The van der Waals surface area contributed by atoms with Crippen molar-refractivity contribution in [3.63, 3.8) is 0 Å². The van der Waals surface area contributed by atoms with Crippen LogP contribution in [0.2, 0.25) is 0 Å². The number of carbonyl (C=O) groups excluding carboxylic acids is 1. The van der Waals surface area contributed by atoms with E-state index >= 15 is 0 Å². The zero-order chi connectivity index (χ0) is 28.1. The van der Waals surface area contributed by atoms with Gasteiger partial charge in [0, 0.05) is 45.6 Å². The minimum absolute atomic E-state index is 0.0638. The fourth-order valence-electron chi connectivity index (χ4n) is 5.10. The number of hydrogen-bond donors (Lipinski definition) is 0. The third-order valence-electron chi connectivity index (χ3n) is 7.23. The first kappa shape index (κ1) is 27.5. The number of aromatic nitrogens is 4. The van der Waals surface area contributed by atoms with E-state index in [9.17, 15) is 14.0 Å². The molecule has 4 aromatic rings. The number of anilines is 2. The number of methoxy groups -OCH3 is 1. The molecule has 210 valence electrons. The van der Waals surface area contributed by atoms with Gasteiger partial charge in [-0.15, -0.1) is 0 Å². The number of halogens is 1. The number of ether oxygens (including phenoxy) is 2. The molecule has 0 aliphatic carbocycles. The van der Waals surface area contributed by atoms with Crippen LogP contribution in [-0.4, -0.2) is 78.1 Å². The lowest BCUT2D eigenvalue weighted by atomic mass is 10.0. The molecule has 1 saturated heterocycles. The Morgan fingerprint density at radius 1 is 1.07 bits per heavy atom. The van der Waals surface area contributed by atoms with Crippen LogP contribution < -0.4 is 15.4 Å². The van der Waals surface area contributed by atoms with Gasteiger partial charge < -0.3 is 23.8 Å². The van der Waals surface area contributed by atoms with Crippen LogP contribution in [-0.2, 0) is 16.0 Å². The Morgan fingerprint density at radius 2 is 1.82 bits per heavy atom. The number of imidazole rings is 1. The van der Waals surface area contributed by atoms with E-state index in [4.69, 9.17) is 14.5 Å². The molecule has 10 nitrogen and oxygen atoms in total. The van der Waals surface area contributed by atoms with Gasteiger partial charge in [0.15, 0.2) is 0 Å². The predicted molar refractivity (Wildman–Crippen MR) is 151 cm³/mol. The summed E-state index contributed by atoms with van der Waals surface area (Å²) in [7, 11) is 3.41. The molecule has 0 unspecified atom stereocenters. The summed E-state index contributed by atoms with van der Waals surface area (Å²) in [4.78, 5) is 39.0. The highest BCUT2D eigenvalue weighted by Gasteiger charge is 2.28. The largest absolute Gasteiger partial charge is 0.382 e. The Labute approximate surface area is 231 Å². The maximum atomic E-state index is 13.5. The maximum absolute atomic E-state index is 13.5. The van der Waals surface area contributed by atoms with Crippen LogP contribution in [0.5, 0.6) is 0 Å². The van der Waals surface area contributed by atoms with Gasteiger partial charge in [-0.1, -0.05) is 24.3 Å². The molecule has 3 heterocycles. The highest BCUT2D eigenvalue weighted by Crippen LogP contribution is 2.28. The zero-order valence-electron chi connectivity index (χ0n) is 22.7. The van der Waals surface area contributed by atoms with Gasteiger partial charge in [-0.3, -0.25) is 9.59 Å². The second-order valence-electron chi connectivity index (χ2n) is 9.80. The normalized spacial score (nSPS) is 14.1. The Kier molecular flexibility index (Phi) is 8.51. The molecule has 40 heavy (non-hydrogen) atoms. The molecular weight excluding hydrogens is 515 g/mol. The topological polar surface area (TPSA) is 94.7 Å². The number of carbonyl (C=O) groups is 1. The van der Waals surface area contributed by atoms with Gasteiger partial charge in [0.1, 0.15) is 12.4 Å².